The van der Waals surface area contributed by atoms with Gasteiger partial charge in [-0.1, -0.05) is 76.2 Å². The lowest BCUT2D eigenvalue weighted by atomic mass is 10.1. The highest BCUT2D eigenvalue weighted by atomic mass is 16.3. The normalized spacial score (nSPS) is 8.24. The van der Waals surface area contributed by atoms with Gasteiger partial charge in [0.05, 0.1) is 0 Å². The van der Waals surface area contributed by atoms with Crippen molar-refractivity contribution in [2.75, 3.05) is 0 Å². The van der Waals surface area contributed by atoms with Crippen LogP contribution in [-0.4, -0.2) is 5.11 Å². The van der Waals surface area contributed by atoms with Gasteiger partial charge in [-0.15, -0.1) is 0 Å². The molecule has 0 aromatic heterocycles. The molecule has 0 atom stereocenters. The van der Waals surface area contributed by atoms with Crippen LogP contribution in [0.2, 0.25) is 0 Å². The first-order valence-electron chi connectivity index (χ1n) is 6.21. The Hall–Kier alpha value is -1.76. The molecule has 0 radical (unpaired) electrons. The van der Waals surface area contributed by atoms with Crippen molar-refractivity contribution in [1.29, 1.82) is 0 Å². The standard InChI is InChI=1S/C12H10O.2C2H6/c13-12-9-5-4-8-11(12)10-6-2-1-3-7-10;2*1-2/h1-9,13H;2*1-2H3. The fourth-order valence-corrected chi connectivity index (χ4v) is 1.34. The number of aromatic hydroxyl groups is 1. The molecule has 0 heterocycles. The number of para-hydroxylation sites is 1. The number of hydrogen-bond acceptors (Lipinski definition) is 1. The van der Waals surface area contributed by atoms with Crippen molar-refractivity contribution in [3.8, 4) is 16.9 Å². The quantitative estimate of drug-likeness (QED) is 0.721. The van der Waals surface area contributed by atoms with Gasteiger partial charge in [0.25, 0.3) is 0 Å². The van der Waals surface area contributed by atoms with E-state index in [1.54, 1.807) is 6.07 Å². The highest BCUT2D eigenvalue weighted by Crippen LogP contribution is 2.27. The van der Waals surface area contributed by atoms with E-state index < -0.39 is 0 Å². The summed E-state index contributed by atoms with van der Waals surface area (Å²) >= 11 is 0. The molecule has 92 valence electrons. The SMILES string of the molecule is CC.CC.Oc1ccccc1-c1ccccc1. The van der Waals surface area contributed by atoms with E-state index in [0.717, 1.165) is 11.1 Å². The maximum Gasteiger partial charge on any atom is 0.123 e. The predicted octanol–water partition coefficient (Wildman–Crippen LogP) is 5.11. The molecule has 0 aliphatic heterocycles. The summed E-state index contributed by atoms with van der Waals surface area (Å²) < 4.78 is 0. The van der Waals surface area contributed by atoms with E-state index in [9.17, 15) is 5.11 Å². The minimum absolute atomic E-state index is 0.328. The number of rotatable bonds is 1. The predicted molar refractivity (Wildman–Crippen MR) is 76.2 cm³/mol. The highest BCUT2D eigenvalue weighted by molar-refractivity contribution is 5.69. The molecule has 0 spiro atoms. The molecule has 2 rings (SSSR count). The molecule has 0 bridgehead atoms. The Labute approximate surface area is 105 Å². The van der Waals surface area contributed by atoms with Crippen molar-refractivity contribution in [3.05, 3.63) is 54.6 Å². The third-order valence-electron chi connectivity index (χ3n) is 1.99. The Morgan fingerprint density at radius 1 is 0.647 bits per heavy atom. The van der Waals surface area contributed by atoms with Crippen LogP contribution in [0, 0.1) is 0 Å². The Morgan fingerprint density at radius 2 is 1.12 bits per heavy atom. The molecular formula is C16H22O. The van der Waals surface area contributed by atoms with E-state index in [2.05, 4.69) is 0 Å². The average molecular weight is 230 g/mol. The average Bonchev–Trinajstić information content (AvgIpc) is 2.45. The van der Waals surface area contributed by atoms with E-state index >= 15 is 0 Å². The van der Waals surface area contributed by atoms with E-state index in [0.29, 0.717) is 5.75 Å². The maximum atomic E-state index is 9.56. The smallest absolute Gasteiger partial charge is 0.123 e. The minimum Gasteiger partial charge on any atom is -0.507 e. The summed E-state index contributed by atoms with van der Waals surface area (Å²) in [7, 11) is 0. The van der Waals surface area contributed by atoms with Crippen molar-refractivity contribution < 1.29 is 5.11 Å². The molecule has 0 aliphatic carbocycles. The molecule has 1 heteroatoms. The van der Waals surface area contributed by atoms with Crippen LogP contribution in [0.4, 0.5) is 0 Å². The van der Waals surface area contributed by atoms with Crippen molar-refractivity contribution in [2.24, 2.45) is 0 Å². The molecule has 1 nitrogen and oxygen atoms in total. The van der Waals surface area contributed by atoms with Gasteiger partial charge in [-0.05, 0) is 11.6 Å². The van der Waals surface area contributed by atoms with Gasteiger partial charge in [-0.25, -0.2) is 0 Å². The molecular weight excluding hydrogens is 208 g/mol. The molecule has 1 N–H and O–H groups in total. The first-order chi connectivity index (χ1) is 8.38. The van der Waals surface area contributed by atoms with Crippen molar-refractivity contribution in [2.45, 2.75) is 27.7 Å². The van der Waals surface area contributed by atoms with Gasteiger partial charge in [-0.3, -0.25) is 0 Å². The Balaban J connectivity index is 0.000000581. The fourth-order valence-electron chi connectivity index (χ4n) is 1.34. The van der Waals surface area contributed by atoms with Gasteiger partial charge < -0.3 is 5.11 Å². The molecule has 0 saturated heterocycles. The highest BCUT2D eigenvalue weighted by Gasteiger charge is 2.00. The Morgan fingerprint density at radius 3 is 1.65 bits per heavy atom. The number of hydrogen-bond donors (Lipinski definition) is 1. The van der Waals surface area contributed by atoms with Gasteiger partial charge in [0, 0.05) is 5.56 Å². The van der Waals surface area contributed by atoms with Crippen LogP contribution >= 0.6 is 0 Å². The first kappa shape index (κ1) is 15.2. The van der Waals surface area contributed by atoms with Crippen LogP contribution in [0.5, 0.6) is 5.75 Å². The number of benzene rings is 2. The lowest BCUT2D eigenvalue weighted by molar-refractivity contribution is 0.477. The van der Waals surface area contributed by atoms with Gasteiger partial charge in [0.1, 0.15) is 5.75 Å². The van der Waals surface area contributed by atoms with Crippen LogP contribution in [0.25, 0.3) is 11.1 Å². The van der Waals surface area contributed by atoms with Gasteiger partial charge in [-0.2, -0.15) is 0 Å². The summed E-state index contributed by atoms with van der Waals surface area (Å²) in [5.41, 5.74) is 1.92. The maximum absolute atomic E-state index is 9.56. The van der Waals surface area contributed by atoms with E-state index in [4.69, 9.17) is 0 Å². The summed E-state index contributed by atoms with van der Waals surface area (Å²) in [4.78, 5) is 0. The van der Waals surface area contributed by atoms with Crippen LogP contribution in [-0.2, 0) is 0 Å². The van der Waals surface area contributed by atoms with E-state index in [1.165, 1.54) is 0 Å². The largest absolute Gasteiger partial charge is 0.507 e. The zero-order valence-corrected chi connectivity index (χ0v) is 11.1. The van der Waals surface area contributed by atoms with Crippen molar-refractivity contribution in [3.63, 3.8) is 0 Å². The molecule has 0 saturated carbocycles. The van der Waals surface area contributed by atoms with E-state index in [-0.39, 0.29) is 0 Å². The zero-order chi connectivity index (χ0) is 13.1. The van der Waals surface area contributed by atoms with Crippen LogP contribution in [0.3, 0.4) is 0 Å². The van der Waals surface area contributed by atoms with Crippen molar-refractivity contribution in [1.82, 2.24) is 0 Å². The summed E-state index contributed by atoms with van der Waals surface area (Å²) in [5.74, 6) is 0.328. The molecule has 0 fully saturated rings. The molecule has 17 heavy (non-hydrogen) atoms. The Kier molecular flexibility index (Phi) is 8.48. The molecule has 2 aromatic carbocycles. The van der Waals surface area contributed by atoms with Crippen LogP contribution in [0.15, 0.2) is 54.6 Å². The molecule has 0 amide bonds. The molecule has 2 aromatic rings. The summed E-state index contributed by atoms with van der Waals surface area (Å²) in [5, 5.41) is 9.56. The Bertz CT molecular complexity index is 393. The van der Waals surface area contributed by atoms with Gasteiger partial charge in [0.2, 0.25) is 0 Å². The zero-order valence-electron chi connectivity index (χ0n) is 11.1. The van der Waals surface area contributed by atoms with E-state index in [1.807, 2.05) is 76.2 Å². The van der Waals surface area contributed by atoms with Gasteiger partial charge >= 0.3 is 0 Å². The summed E-state index contributed by atoms with van der Waals surface area (Å²) in [6.45, 7) is 8.00. The lowest BCUT2D eigenvalue weighted by Gasteiger charge is -2.02. The second-order valence-electron chi connectivity index (χ2n) is 2.88. The fraction of sp³-hybridized carbons (Fsp3) is 0.250. The third kappa shape index (κ3) is 4.73. The van der Waals surface area contributed by atoms with Crippen molar-refractivity contribution >= 4 is 0 Å². The first-order valence-corrected chi connectivity index (χ1v) is 6.21. The van der Waals surface area contributed by atoms with Crippen LogP contribution in [0.1, 0.15) is 27.7 Å². The summed E-state index contributed by atoms with van der Waals surface area (Å²) in [6, 6.07) is 17.2. The second-order valence-corrected chi connectivity index (χ2v) is 2.88. The number of phenolic OH excluding ortho intramolecular Hbond substituents is 1. The number of phenols is 1. The van der Waals surface area contributed by atoms with Gasteiger partial charge in [0.15, 0.2) is 0 Å². The monoisotopic (exact) mass is 230 g/mol. The summed E-state index contributed by atoms with van der Waals surface area (Å²) in [6.07, 6.45) is 0. The third-order valence-corrected chi connectivity index (χ3v) is 1.99. The minimum atomic E-state index is 0.328. The topological polar surface area (TPSA) is 20.2 Å². The molecule has 0 unspecified atom stereocenters. The lowest BCUT2D eigenvalue weighted by Crippen LogP contribution is -1.76. The second kappa shape index (κ2) is 9.46. The molecule has 0 aliphatic rings. The van der Waals surface area contributed by atoms with Crippen LogP contribution < -0.4 is 0 Å².